The van der Waals surface area contributed by atoms with Crippen LogP contribution in [0.15, 0.2) is 54.5 Å². The quantitative estimate of drug-likeness (QED) is 0.611. The maximum Gasteiger partial charge on any atom is 0.416 e. The molecule has 0 atom stereocenters. The van der Waals surface area contributed by atoms with Crippen LogP contribution in [0.4, 0.5) is 13.2 Å². The molecule has 0 aliphatic carbocycles. The topological polar surface area (TPSA) is 66.9 Å². The van der Waals surface area contributed by atoms with Gasteiger partial charge in [-0.3, -0.25) is 4.79 Å². The number of hydrogen-bond donors (Lipinski definition) is 0. The third-order valence-electron chi connectivity index (χ3n) is 6.32. The lowest BCUT2D eigenvalue weighted by molar-refractivity contribution is -0.138. The summed E-state index contributed by atoms with van der Waals surface area (Å²) in [4.78, 5) is 14.9. The maximum absolute atomic E-state index is 13.1. The summed E-state index contributed by atoms with van der Waals surface area (Å²) in [6.07, 6.45) is -2.92. The second kappa shape index (κ2) is 9.42. The minimum absolute atomic E-state index is 0.00959. The lowest BCUT2D eigenvalue weighted by atomic mass is 9.93. The van der Waals surface area contributed by atoms with Gasteiger partial charge in [0.2, 0.25) is 15.9 Å². The van der Waals surface area contributed by atoms with Gasteiger partial charge in [-0.1, -0.05) is 18.7 Å². The number of alkyl halides is 3. The van der Waals surface area contributed by atoms with Gasteiger partial charge in [-0.05, 0) is 55.2 Å². The van der Waals surface area contributed by atoms with Gasteiger partial charge in [0.25, 0.3) is 0 Å². The first kappa shape index (κ1) is 24.3. The fraction of sp³-hybridized carbons (Fsp3) is 0.375. The van der Waals surface area contributed by atoms with E-state index < -0.39 is 21.8 Å². The van der Waals surface area contributed by atoms with Gasteiger partial charge in [-0.2, -0.15) is 17.5 Å². The fourth-order valence-electron chi connectivity index (χ4n) is 4.42. The van der Waals surface area contributed by atoms with Gasteiger partial charge in [-0.25, -0.2) is 8.42 Å². The van der Waals surface area contributed by atoms with Crippen LogP contribution in [0.2, 0.25) is 0 Å². The number of carbonyl (C=O) groups is 1. The number of amides is 1. The van der Waals surface area contributed by atoms with Crippen LogP contribution in [0, 0.1) is 5.92 Å². The number of fused-ring (bicyclic) bond motifs is 1. The minimum atomic E-state index is -4.41. The van der Waals surface area contributed by atoms with Gasteiger partial charge in [0.15, 0.2) is 0 Å². The van der Waals surface area contributed by atoms with Crippen molar-refractivity contribution in [2.75, 3.05) is 19.6 Å². The number of benzene rings is 2. The molecule has 0 unspecified atom stereocenters. The Hall–Kier alpha value is -2.85. The summed E-state index contributed by atoms with van der Waals surface area (Å²) in [7, 11) is -3.47. The van der Waals surface area contributed by atoms with Crippen molar-refractivity contribution in [2.24, 2.45) is 5.92 Å². The number of sulfonamides is 1. The van der Waals surface area contributed by atoms with Crippen LogP contribution in [0.3, 0.4) is 0 Å². The highest BCUT2D eigenvalue weighted by Crippen LogP contribution is 2.35. The van der Waals surface area contributed by atoms with Crippen molar-refractivity contribution in [3.05, 3.63) is 71.1 Å². The molecule has 2 aliphatic rings. The number of piperidine rings is 1. The number of rotatable bonds is 5. The second-order valence-corrected chi connectivity index (χ2v) is 10.3. The highest BCUT2D eigenvalue weighted by molar-refractivity contribution is 7.92. The Morgan fingerprint density at radius 1 is 1.06 bits per heavy atom. The van der Waals surface area contributed by atoms with Crippen LogP contribution in [-0.2, 0) is 34.0 Å². The first-order chi connectivity index (χ1) is 16.1. The first-order valence-electron chi connectivity index (χ1n) is 11.0. The zero-order valence-corrected chi connectivity index (χ0v) is 19.2. The van der Waals surface area contributed by atoms with E-state index in [0.717, 1.165) is 28.7 Å². The van der Waals surface area contributed by atoms with Gasteiger partial charge < -0.3 is 9.64 Å². The smallest absolute Gasteiger partial charge is 0.416 e. The van der Waals surface area contributed by atoms with E-state index in [-0.39, 0.29) is 11.8 Å². The molecule has 1 fully saturated rings. The summed E-state index contributed by atoms with van der Waals surface area (Å²) in [5.41, 5.74) is 1.12. The Bertz CT molecular complexity index is 1170. The molecule has 0 aromatic heterocycles. The molecule has 182 valence electrons. The van der Waals surface area contributed by atoms with E-state index in [9.17, 15) is 26.4 Å². The number of carbonyl (C=O) groups excluding carboxylic acids is 1. The van der Waals surface area contributed by atoms with Crippen LogP contribution in [0.25, 0.3) is 0 Å². The number of nitrogens with zero attached hydrogens (tertiary/aromatic N) is 2. The number of halogens is 3. The largest absolute Gasteiger partial charge is 0.457 e. The monoisotopic (exact) mass is 494 g/mol. The average Bonchev–Trinajstić information content (AvgIpc) is 2.83. The van der Waals surface area contributed by atoms with Crippen LogP contribution >= 0.6 is 0 Å². The number of hydrogen-bond acceptors (Lipinski definition) is 4. The highest BCUT2D eigenvalue weighted by atomic mass is 32.2. The molecule has 6 nitrogen and oxygen atoms in total. The Balaban J connectivity index is 1.41. The van der Waals surface area contributed by atoms with E-state index in [4.69, 9.17) is 4.74 Å². The SMILES string of the molecule is C=CS(=O)(=O)N1CCC(C(=O)N2CCc3c(cccc3Oc3ccc(C(F)(F)F)cc3)C2)CC1. The van der Waals surface area contributed by atoms with Crippen molar-refractivity contribution in [2.45, 2.75) is 32.0 Å². The van der Waals surface area contributed by atoms with E-state index >= 15 is 0 Å². The molecule has 0 radical (unpaired) electrons. The van der Waals surface area contributed by atoms with E-state index in [2.05, 4.69) is 6.58 Å². The van der Waals surface area contributed by atoms with Crippen molar-refractivity contribution in [3.8, 4) is 11.5 Å². The fourth-order valence-corrected chi connectivity index (χ4v) is 5.35. The normalized spacial score (nSPS) is 17.8. The van der Waals surface area contributed by atoms with Crippen molar-refractivity contribution >= 4 is 15.9 Å². The zero-order valence-electron chi connectivity index (χ0n) is 18.4. The molecule has 0 spiro atoms. The summed E-state index contributed by atoms with van der Waals surface area (Å²) in [5, 5.41) is 0.932. The lowest BCUT2D eigenvalue weighted by Gasteiger charge is -2.35. The Kier molecular flexibility index (Phi) is 6.73. The second-order valence-electron chi connectivity index (χ2n) is 8.41. The van der Waals surface area contributed by atoms with Crippen LogP contribution in [-0.4, -0.2) is 43.2 Å². The molecule has 0 N–H and O–H groups in total. The molecule has 2 aromatic carbocycles. The van der Waals surface area contributed by atoms with Gasteiger partial charge in [0.05, 0.1) is 5.56 Å². The highest BCUT2D eigenvalue weighted by Gasteiger charge is 2.34. The standard InChI is InChI=1S/C24H25F3N2O4S/c1-2-34(31,32)29-14-10-17(11-15-29)23(30)28-13-12-21-18(16-28)4-3-5-22(21)33-20-8-6-19(7-9-20)24(25,26)27/h2-9,17H,1,10-16H2. The predicted octanol–water partition coefficient (Wildman–Crippen LogP) is 4.57. The van der Waals surface area contributed by atoms with E-state index in [0.29, 0.717) is 56.9 Å². The van der Waals surface area contributed by atoms with Gasteiger partial charge in [0, 0.05) is 43.1 Å². The third kappa shape index (κ3) is 5.12. The Morgan fingerprint density at radius 3 is 2.35 bits per heavy atom. The van der Waals surface area contributed by atoms with Crippen molar-refractivity contribution < 1.29 is 31.1 Å². The maximum atomic E-state index is 13.1. The summed E-state index contributed by atoms with van der Waals surface area (Å²) in [6.45, 7) is 4.82. The molecule has 0 bridgehead atoms. The molecule has 4 rings (SSSR count). The molecule has 2 aliphatic heterocycles. The molecule has 10 heteroatoms. The van der Waals surface area contributed by atoms with E-state index in [1.54, 1.807) is 17.0 Å². The molecule has 1 amide bonds. The van der Waals surface area contributed by atoms with Crippen molar-refractivity contribution in [1.82, 2.24) is 9.21 Å². The van der Waals surface area contributed by atoms with Crippen molar-refractivity contribution in [1.29, 1.82) is 0 Å². The third-order valence-corrected chi connectivity index (χ3v) is 7.82. The Morgan fingerprint density at radius 2 is 1.74 bits per heavy atom. The van der Waals surface area contributed by atoms with E-state index in [1.807, 2.05) is 6.07 Å². The van der Waals surface area contributed by atoms with Crippen LogP contribution in [0.5, 0.6) is 11.5 Å². The van der Waals surface area contributed by atoms with Crippen LogP contribution < -0.4 is 4.74 Å². The first-order valence-corrected chi connectivity index (χ1v) is 12.5. The summed E-state index contributed by atoms with van der Waals surface area (Å²) >= 11 is 0. The van der Waals surface area contributed by atoms with Crippen molar-refractivity contribution in [3.63, 3.8) is 0 Å². The van der Waals surface area contributed by atoms with Gasteiger partial charge in [0.1, 0.15) is 11.5 Å². The summed E-state index contributed by atoms with van der Waals surface area (Å²) in [6, 6.07) is 10.0. The molecule has 0 saturated carbocycles. The zero-order chi connectivity index (χ0) is 24.5. The molecule has 2 heterocycles. The molecular formula is C24H25F3N2O4S. The summed E-state index contributed by atoms with van der Waals surface area (Å²) in [5.74, 6) is 0.646. The summed E-state index contributed by atoms with van der Waals surface area (Å²) < 4.78 is 69.5. The van der Waals surface area contributed by atoms with Gasteiger partial charge in [-0.15, -0.1) is 0 Å². The van der Waals surface area contributed by atoms with Gasteiger partial charge >= 0.3 is 6.18 Å². The van der Waals surface area contributed by atoms with E-state index in [1.165, 1.54) is 16.4 Å². The molecule has 1 saturated heterocycles. The predicted molar refractivity (Wildman–Crippen MR) is 120 cm³/mol. The van der Waals surface area contributed by atoms with Crippen LogP contribution in [0.1, 0.15) is 29.5 Å². The lowest BCUT2D eigenvalue weighted by Crippen LogP contribution is -2.45. The Labute approximate surface area is 196 Å². The minimum Gasteiger partial charge on any atom is -0.457 e. The number of ether oxygens (including phenoxy) is 1. The molecule has 34 heavy (non-hydrogen) atoms. The molecule has 2 aromatic rings. The molecular weight excluding hydrogens is 469 g/mol. The average molecular weight is 495 g/mol.